The van der Waals surface area contributed by atoms with Gasteiger partial charge in [-0.1, -0.05) is 6.07 Å². The molecule has 10 heteroatoms. The van der Waals surface area contributed by atoms with Crippen LogP contribution in [0.5, 0.6) is 17.2 Å². The van der Waals surface area contributed by atoms with Crippen LogP contribution in [0.25, 0.3) is 0 Å². The monoisotopic (exact) mass is 458 g/mol. The van der Waals surface area contributed by atoms with Crippen molar-refractivity contribution < 1.29 is 27.4 Å². The standard InChI is InChI=1S/C17H19BrN2O6S/c1-10-5-6-15(12(18)7-10)27(22,23)20-19-17(21)11-8-13(24-2)16(26-4)14(9-11)25-3/h5-9,20H,1-4H3,(H,19,21). The lowest BCUT2D eigenvalue weighted by atomic mass is 10.1. The fourth-order valence-corrected chi connectivity index (χ4v) is 4.31. The van der Waals surface area contributed by atoms with Gasteiger partial charge < -0.3 is 14.2 Å². The molecule has 2 N–H and O–H groups in total. The minimum absolute atomic E-state index is 0.00158. The number of amides is 1. The Hall–Kier alpha value is -2.30. The Bertz CT molecular complexity index is 937. The number of methoxy groups -OCH3 is 3. The summed E-state index contributed by atoms with van der Waals surface area (Å²) in [6.45, 7) is 1.83. The molecule has 0 saturated carbocycles. The Morgan fingerprint density at radius 2 is 1.59 bits per heavy atom. The Labute approximate surface area is 166 Å². The van der Waals surface area contributed by atoms with Crippen molar-refractivity contribution in [1.29, 1.82) is 0 Å². The molecule has 0 aromatic heterocycles. The van der Waals surface area contributed by atoms with Gasteiger partial charge in [0, 0.05) is 10.0 Å². The lowest BCUT2D eigenvalue weighted by Gasteiger charge is -2.14. The molecule has 0 heterocycles. The lowest BCUT2D eigenvalue weighted by Crippen LogP contribution is -2.41. The molecule has 0 radical (unpaired) electrons. The van der Waals surface area contributed by atoms with Gasteiger partial charge in [-0.05, 0) is 52.7 Å². The van der Waals surface area contributed by atoms with Gasteiger partial charge in [-0.2, -0.15) is 0 Å². The topological polar surface area (TPSA) is 103 Å². The van der Waals surface area contributed by atoms with E-state index in [1.54, 1.807) is 12.1 Å². The zero-order valence-corrected chi connectivity index (χ0v) is 17.5. The van der Waals surface area contributed by atoms with Crippen molar-refractivity contribution in [2.45, 2.75) is 11.8 Å². The summed E-state index contributed by atoms with van der Waals surface area (Å²) in [6, 6.07) is 7.57. The molecule has 0 saturated heterocycles. The molecule has 27 heavy (non-hydrogen) atoms. The first kappa shape index (κ1) is 21.0. The van der Waals surface area contributed by atoms with Crippen molar-refractivity contribution >= 4 is 31.9 Å². The quantitative estimate of drug-likeness (QED) is 0.617. The number of nitrogens with one attached hydrogen (secondary N) is 2. The highest BCUT2D eigenvalue weighted by atomic mass is 79.9. The van der Waals surface area contributed by atoms with Crippen LogP contribution in [0.4, 0.5) is 0 Å². The van der Waals surface area contributed by atoms with E-state index in [1.165, 1.54) is 39.5 Å². The molecular formula is C17H19BrN2O6S. The molecule has 0 unspecified atom stereocenters. The van der Waals surface area contributed by atoms with Gasteiger partial charge in [-0.15, -0.1) is 4.83 Å². The number of ether oxygens (including phenoxy) is 3. The highest BCUT2D eigenvalue weighted by molar-refractivity contribution is 9.10. The molecule has 8 nitrogen and oxygen atoms in total. The SMILES string of the molecule is COc1cc(C(=O)NNS(=O)(=O)c2ccc(C)cc2Br)cc(OC)c1OC. The van der Waals surface area contributed by atoms with E-state index in [2.05, 4.69) is 26.2 Å². The predicted molar refractivity (Wildman–Crippen MR) is 103 cm³/mol. The van der Waals surface area contributed by atoms with Crippen LogP contribution in [0.3, 0.4) is 0 Å². The summed E-state index contributed by atoms with van der Waals surface area (Å²) >= 11 is 3.21. The van der Waals surface area contributed by atoms with E-state index in [0.29, 0.717) is 10.2 Å². The number of carbonyl (C=O) groups is 1. The number of carbonyl (C=O) groups excluding carboxylic acids is 1. The molecule has 146 valence electrons. The molecule has 0 spiro atoms. The highest BCUT2D eigenvalue weighted by Crippen LogP contribution is 2.38. The smallest absolute Gasteiger partial charge is 0.266 e. The Kier molecular flexibility index (Phi) is 6.68. The molecule has 0 fully saturated rings. The fraction of sp³-hybridized carbons (Fsp3) is 0.235. The minimum atomic E-state index is -3.97. The average Bonchev–Trinajstić information content (AvgIpc) is 2.64. The van der Waals surface area contributed by atoms with Gasteiger partial charge in [0.05, 0.1) is 26.2 Å². The maximum Gasteiger partial charge on any atom is 0.266 e. The van der Waals surface area contributed by atoms with Gasteiger partial charge in [0.25, 0.3) is 15.9 Å². The number of halogens is 1. The normalized spacial score (nSPS) is 11.0. The Balaban J connectivity index is 2.25. The van der Waals surface area contributed by atoms with Crippen molar-refractivity contribution in [3.63, 3.8) is 0 Å². The van der Waals surface area contributed by atoms with Gasteiger partial charge in [0.1, 0.15) is 0 Å². The van der Waals surface area contributed by atoms with Gasteiger partial charge >= 0.3 is 0 Å². The van der Waals surface area contributed by atoms with Crippen LogP contribution in [0.15, 0.2) is 39.7 Å². The second kappa shape index (κ2) is 8.59. The number of aryl methyl sites for hydroxylation is 1. The van der Waals surface area contributed by atoms with E-state index in [-0.39, 0.29) is 22.0 Å². The zero-order valence-electron chi connectivity index (χ0n) is 15.1. The first-order chi connectivity index (χ1) is 12.7. The predicted octanol–water partition coefficient (Wildman–Crippen LogP) is 2.41. The van der Waals surface area contributed by atoms with E-state index in [0.717, 1.165) is 5.56 Å². The largest absolute Gasteiger partial charge is 0.493 e. The highest BCUT2D eigenvalue weighted by Gasteiger charge is 2.21. The summed E-state index contributed by atoms with van der Waals surface area (Å²) in [5, 5.41) is 0. The average molecular weight is 459 g/mol. The summed E-state index contributed by atoms with van der Waals surface area (Å²) < 4.78 is 40.8. The number of sulfonamides is 1. The molecule has 2 rings (SSSR count). The van der Waals surface area contributed by atoms with E-state index in [9.17, 15) is 13.2 Å². The number of hydrogen-bond donors (Lipinski definition) is 2. The maximum atomic E-state index is 12.4. The number of hydrogen-bond acceptors (Lipinski definition) is 6. The molecule has 2 aromatic rings. The molecule has 0 atom stereocenters. The summed E-state index contributed by atoms with van der Waals surface area (Å²) in [5.41, 5.74) is 3.18. The lowest BCUT2D eigenvalue weighted by molar-refractivity contribution is 0.0944. The van der Waals surface area contributed by atoms with Crippen LogP contribution >= 0.6 is 15.9 Å². The van der Waals surface area contributed by atoms with Crippen LogP contribution in [0.1, 0.15) is 15.9 Å². The maximum absolute atomic E-state index is 12.4. The van der Waals surface area contributed by atoms with Crippen molar-refractivity contribution in [3.8, 4) is 17.2 Å². The van der Waals surface area contributed by atoms with E-state index >= 15 is 0 Å². The van der Waals surface area contributed by atoms with Gasteiger partial charge in [0.15, 0.2) is 11.5 Å². The second-order valence-electron chi connectivity index (χ2n) is 5.41. The van der Waals surface area contributed by atoms with E-state index < -0.39 is 15.9 Å². The van der Waals surface area contributed by atoms with Gasteiger partial charge in [0.2, 0.25) is 5.75 Å². The van der Waals surface area contributed by atoms with Crippen LogP contribution in [-0.2, 0) is 10.0 Å². The van der Waals surface area contributed by atoms with Gasteiger partial charge in [-0.25, -0.2) is 8.42 Å². The summed E-state index contributed by atoms with van der Waals surface area (Å²) in [5.74, 6) is 0.166. The first-order valence-electron chi connectivity index (χ1n) is 7.61. The van der Waals surface area contributed by atoms with E-state index in [1.807, 2.05) is 6.92 Å². The summed E-state index contributed by atoms with van der Waals surface area (Å²) in [4.78, 5) is 14.5. The van der Waals surface area contributed by atoms with Crippen LogP contribution in [0, 0.1) is 6.92 Å². The van der Waals surface area contributed by atoms with E-state index in [4.69, 9.17) is 14.2 Å². The van der Waals surface area contributed by atoms with Crippen LogP contribution in [0.2, 0.25) is 0 Å². The molecule has 0 aliphatic heterocycles. The Morgan fingerprint density at radius 3 is 2.07 bits per heavy atom. The summed E-state index contributed by atoms with van der Waals surface area (Å²) in [6.07, 6.45) is 0. The van der Waals surface area contributed by atoms with Crippen LogP contribution in [-0.4, -0.2) is 35.7 Å². The molecule has 0 bridgehead atoms. The molecular weight excluding hydrogens is 440 g/mol. The zero-order chi connectivity index (χ0) is 20.2. The molecule has 2 aromatic carbocycles. The Morgan fingerprint density at radius 1 is 1.00 bits per heavy atom. The molecule has 1 amide bonds. The van der Waals surface area contributed by atoms with Crippen molar-refractivity contribution in [1.82, 2.24) is 10.3 Å². The van der Waals surface area contributed by atoms with Gasteiger partial charge in [-0.3, -0.25) is 10.2 Å². The van der Waals surface area contributed by atoms with Crippen molar-refractivity contribution in [2.24, 2.45) is 0 Å². The first-order valence-corrected chi connectivity index (χ1v) is 9.89. The second-order valence-corrected chi connectivity index (χ2v) is 7.91. The number of rotatable bonds is 7. The third-order valence-corrected chi connectivity index (χ3v) is 5.83. The minimum Gasteiger partial charge on any atom is -0.493 e. The van der Waals surface area contributed by atoms with Crippen molar-refractivity contribution in [2.75, 3.05) is 21.3 Å². The fourth-order valence-electron chi connectivity index (χ4n) is 2.28. The molecule has 0 aliphatic carbocycles. The molecule has 0 aliphatic rings. The van der Waals surface area contributed by atoms with Crippen LogP contribution < -0.4 is 24.5 Å². The third-order valence-electron chi connectivity index (χ3n) is 3.60. The summed E-state index contributed by atoms with van der Waals surface area (Å²) in [7, 11) is 0.294. The number of hydrazine groups is 1. The third kappa shape index (κ3) is 4.71. The number of benzene rings is 2. The van der Waals surface area contributed by atoms with Crippen molar-refractivity contribution in [3.05, 3.63) is 45.9 Å².